The van der Waals surface area contributed by atoms with Crippen molar-refractivity contribution in [2.75, 3.05) is 31.3 Å². The molecule has 3 aromatic carbocycles. The van der Waals surface area contributed by atoms with Gasteiger partial charge in [-0.05, 0) is 60.5 Å². The quantitative estimate of drug-likeness (QED) is 0.0745. The van der Waals surface area contributed by atoms with Gasteiger partial charge in [-0.15, -0.1) is 0 Å². The molecule has 0 amide bonds. The first-order valence-corrected chi connectivity index (χ1v) is 12.2. The number of nitrogens with two attached hydrogens (primary N) is 2. The molecular weight excluding hydrogens is 577 g/mol. The lowest BCUT2D eigenvalue weighted by Crippen LogP contribution is -2.24. The van der Waals surface area contributed by atoms with E-state index in [-0.39, 0.29) is 13.2 Å². The van der Waals surface area contributed by atoms with Gasteiger partial charge in [0, 0.05) is 18.2 Å². The van der Waals surface area contributed by atoms with E-state index in [1.54, 1.807) is 12.1 Å². The number of nitrogen functional groups attached to an aromatic ring is 2. The summed E-state index contributed by atoms with van der Waals surface area (Å²) in [5, 5.41) is 0. The molecule has 0 atom stereocenters. The lowest BCUT2D eigenvalue weighted by molar-refractivity contribution is -0.187. The van der Waals surface area contributed by atoms with Crippen LogP contribution in [0.25, 0.3) is 6.08 Å². The SMILES string of the molecule is Nc1ccc(OCCOC(=O)/C=C/c2ccc(OC(F)(F)c3ccc(OCCCC(F)(F)F)c(F)c3F)cc2)c(N)c1. The Morgan fingerprint density at radius 2 is 1.48 bits per heavy atom. The van der Waals surface area contributed by atoms with Crippen LogP contribution in [-0.2, 0) is 15.6 Å². The van der Waals surface area contributed by atoms with E-state index in [1.807, 2.05) is 0 Å². The maximum absolute atomic E-state index is 14.6. The standard InChI is InChI=1S/C28H25F7N2O5/c29-25-20(8-10-23(26(25)30)39-13-1-12-27(31,32)33)28(34,35)42-19-6-2-17(3-7-19)4-11-24(38)41-15-14-40-22-9-5-18(36)16-21(22)37/h2-11,16H,1,12-15,36-37H2/b11-4+. The van der Waals surface area contributed by atoms with Crippen molar-refractivity contribution in [1.29, 1.82) is 0 Å². The number of hydrogen-bond donors (Lipinski definition) is 2. The number of anilines is 2. The van der Waals surface area contributed by atoms with Crippen molar-refractivity contribution < 1.29 is 54.5 Å². The number of carbonyl (C=O) groups is 1. The van der Waals surface area contributed by atoms with Crippen LogP contribution in [-0.4, -0.2) is 32.0 Å². The summed E-state index contributed by atoms with van der Waals surface area (Å²) in [5.41, 5.74) is 11.1. The van der Waals surface area contributed by atoms with Crippen LogP contribution in [0.1, 0.15) is 24.0 Å². The molecule has 0 heterocycles. The monoisotopic (exact) mass is 602 g/mol. The minimum absolute atomic E-state index is 0.0240. The van der Waals surface area contributed by atoms with E-state index >= 15 is 0 Å². The first kappa shape index (κ1) is 31.9. The Bertz CT molecular complexity index is 1400. The minimum atomic E-state index is -4.46. The van der Waals surface area contributed by atoms with Crippen LogP contribution in [0.15, 0.2) is 60.7 Å². The molecule has 0 fully saturated rings. The number of carbonyl (C=O) groups excluding carboxylic acids is 1. The van der Waals surface area contributed by atoms with E-state index in [9.17, 15) is 35.5 Å². The summed E-state index contributed by atoms with van der Waals surface area (Å²) in [6.07, 6.45) is -8.09. The second kappa shape index (κ2) is 13.8. The van der Waals surface area contributed by atoms with Gasteiger partial charge in [0.1, 0.15) is 30.3 Å². The third-order valence-electron chi connectivity index (χ3n) is 5.38. The van der Waals surface area contributed by atoms with Crippen molar-refractivity contribution in [3.05, 3.63) is 83.4 Å². The molecule has 0 bridgehead atoms. The highest BCUT2D eigenvalue weighted by Crippen LogP contribution is 2.36. The fraction of sp³-hybridized carbons (Fsp3) is 0.250. The van der Waals surface area contributed by atoms with Gasteiger partial charge < -0.3 is 30.4 Å². The summed E-state index contributed by atoms with van der Waals surface area (Å²) in [4.78, 5) is 11.9. The largest absolute Gasteiger partial charge is 0.490 e. The zero-order valence-electron chi connectivity index (χ0n) is 21.7. The summed E-state index contributed by atoms with van der Waals surface area (Å²) in [6.45, 7) is -0.664. The van der Waals surface area contributed by atoms with Crippen molar-refractivity contribution >= 4 is 23.4 Å². The van der Waals surface area contributed by atoms with Crippen molar-refractivity contribution in [3.8, 4) is 17.2 Å². The van der Waals surface area contributed by atoms with Gasteiger partial charge in [0.15, 0.2) is 11.6 Å². The molecular formula is C28H25F7N2O5. The van der Waals surface area contributed by atoms with Crippen LogP contribution in [0.2, 0.25) is 0 Å². The van der Waals surface area contributed by atoms with Gasteiger partial charge >= 0.3 is 18.3 Å². The molecule has 0 radical (unpaired) electrons. The third kappa shape index (κ3) is 9.49. The molecule has 0 saturated carbocycles. The number of ether oxygens (including phenoxy) is 4. The van der Waals surface area contributed by atoms with Gasteiger partial charge in [-0.3, -0.25) is 0 Å². The normalized spacial score (nSPS) is 11.9. The molecule has 3 aromatic rings. The molecule has 0 aliphatic heterocycles. The molecule has 0 aromatic heterocycles. The third-order valence-corrected chi connectivity index (χ3v) is 5.38. The number of hydrogen-bond acceptors (Lipinski definition) is 7. The number of benzene rings is 3. The summed E-state index contributed by atoms with van der Waals surface area (Å²) in [7, 11) is 0. The van der Waals surface area contributed by atoms with Gasteiger partial charge in [-0.1, -0.05) is 12.1 Å². The predicted octanol–water partition coefficient (Wildman–Crippen LogP) is 6.61. The first-order valence-electron chi connectivity index (χ1n) is 12.2. The highest BCUT2D eigenvalue weighted by Gasteiger charge is 2.39. The van der Waals surface area contributed by atoms with Crippen LogP contribution in [0.3, 0.4) is 0 Å². The van der Waals surface area contributed by atoms with Crippen LogP contribution in [0, 0.1) is 11.6 Å². The second-order valence-corrected chi connectivity index (χ2v) is 8.64. The molecule has 42 heavy (non-hydrogen) atoms. The zero-order chi connectivity index (χ0) is 30.9. The Labute approximate surface area is 235 Å². The number of esters is 1. The molecule has 14 heteroatoms. The molecule has 0 aliphatic carbocycles. The van der Waals surface area contributed by atoms with Crippen LogP contribution in [0.5, 0.6) is 17.2 Å². The van der Waals surface area contributed by atoms with Crippen molar-refractivity contribution in [3.63, 3.8) is 0 Å². The summed E-state index contributed by atoms with van der Waals surface area (Å²) in [6, 6.07) is 10.7. The molecule has 4 N–H and O–H groups in total. The lowest BCUT2D eigenvalue weighted by atomic mass is 10.1. The second-order valence-electron chi connectivity index (χ2n) is 8.64. The molecule has 0 unspecified atom stereocenters. The molecule has 0 aliphatic rings. The molecule has 0 spiro atoms. The Balaban J connectivity index is 1.50. The van der Waals surface area contributed by atoms with E-state index in [0.29, 0.717) is 34.8 Å². The van der Waals surface area contributed by atoms with E-state index < -0.39 is 66.4 Å². The van der Waals surface area contributed by atoms with Gasteiger partial charge in [-0.2, -0.15) is 26.3 Å². The summed E-state index contributed by atoms with van der Waals surface area (Å²) >= 11 is 0. The zero-order valence-corrected chi connectivity index (χ0v) is 21.7. The van der Waals surface area contributed by atoms with Crippen LogP contribution in [0.4, 0.5) is 42.1 Å². The average molecular weight is 603 g/mol. The van der Waals surface area contributed by atoms with Crippen LogP contribution < -0.4 is 25.7 Å². The number of alkyl halides is 5. The molecule has 7 nitrogen and oxygen atoms in total. The van der Waals surface area contributed by atoms with Gasteiger partial charge in [0.2, 0.25) is 5.82 Å². The highest BCUT2D eigenvalue weighted by atomic mass is 19.4. The highest BCUT2D eigenvalue weighted by molar-refractivity contribution is 5.87. The fourth-order valence-corrected chi connectivity index (χ4v) is 3.38. The number of halogens is 7. The Morgan fingerprint density at radius 3 is 2.14 bits per heavy atom. The van der Waals surface area contributed by atoms with E-state index in [0.717, 1.165) is 18.2 Å². The smallest absolute Gasteiger partial charge is 0.429 e. The van der Waals surface area contributed by atoms with E-state index in [2.05, 4.69) is 4.74 Å². The number of rotatable bonds is 13. The Kier molecular flexibility index (Phi) is 10.5. The molecule has 3 rings (SSSR count). The van der Waals surface area contributed by atoms with Gasteiger partial charge in [0.25, 0.3) is 0 Å². The van der Waals surface area contributed by atoms with E-state index in [1.165, 1.54) is 24.3 Å². The Morgan fingerprint density at radius 1 is 0.810 bits per heavy atom. The van der Waals surface area contributed by atoms with Crippen molar-refractivity contribution in [2.45, 2.75) is 25.1 Å². The average Bonchev–Trinajstić information content (AvgIpc) is 2.91. The first-order chi connectivity index (χ1) is 19.7. The molecule has 226 valence electrons. The topological polar surface area (TPSA) is 106 Å². The van der Waals surface area contributed by atoms with Crippen LogP contribution >= 0.6 is 0 Å². The van der Waals surface area contributed by atoms with Crippen molar-refractivity contribution in [2.24, 2.45) is 0 Å². The maximum atomic E-state index is 14.6. The lowest BCUT2D eigenvalue weighted by Gasteiger charge is -2.20. The van der Waals surface area contributed by atoms with Gasteiger partial charge in [0.05, 0.1) is 12.3 Å². The minimum Gasteiger partial charge on any atom is -0.490 e. The summed E-state index contributed by atoms with van der Waals surface area (Å²) < 4.78 is 114. The Hall–Kier alpha value is -4.62. The maximum Gasteiger partial charge on any atom is 0.429 e. The van der Waals surface area contributed by atoms with E-state index in [4.69, 9.17) is 25.7 Å². The van der Waals surface area contributed by atoms with Crippen molar-refractivity contribution in [1.82, 2.24) is 0 Å². The predicted molar refractivity (Wildman–Crippen MR) is 139 cm³/mol. The van der Waals surface area contributed by atoms with Gasteiger partial charge in [-0.25, -0.2) is 9.18 Å². The summed E-state index contributed by atoms with van der Waals surface area (Å²) in [5.74, 6) is -5.33. The molecule has 0 saturated heterocycles. The fourth-order valence-electron chi connectivity index (χ4n) is 3.38.